The van der Waals surface area contributed by atoms with Crippen LogP contribution >= 0.6 is 21.6 Å². The zero-order valence-electron chi connectivity index (χ0n) is 13.9. The third-order valence-corrected chi connectivity index (χ3v) is 5.74. The molecular formula is C15H27NO4S2. The molecule has 0 aliphatic carbocycles. The van der Waals surface area contributed by atoms with Gasteiger partial charge in [0.25, 0.3) is 0 Å². The SMILES string of the molecule is CCCSS/C(CCOC(=O)CCCC(=O)O)=C(/C)N(C)C. The first-order chi connectivity index (χ1) is 10.4. The first-order valence-corrected chi connectivity index (χ1v) is 9.74. The summed E-state index contributed by atoms with van der Waals surface area (Å²) in [5.41, 5.74) is 1.18. The maximum atomic E-state index is 11.5. The zero-order chi connectivity index (χ0) is 17.0. The third kappa shape index (κ3) is 10.8. The lowest BCUT2D eigenvalue weighted by molar-refractivity contribution is -0.143. The fourth-order valence-corrected chi connectivity index (χ4v) is 4.09. The second-order valence-electron chi connectivity index (χ2n) is 5.03. The van der Waals surface area contributed by atoms with E-state index in [1.54, 1.807) is 10.8 Å². The van der Waals surface area contributed by atoms with Gasteiger partial charge in [-0.05, 0) is 19.8 Å². The van der Waals surface area contributed by atoms with Gasteiger partial charge in [-0.1, -0.05) is 28.5 Å². The van der Waals surface area contributed by atoms with Crippen LogP contribution in [-0.4, -0.2) is 48.4 Å². The number of aliphatic carboxylic acids is 1. The van der Waals surface area contributed by atoms with Crippen molar-refractivity contribution in [3.8, 4) is 0 Å². The van der Waals surface area contributed by atoms with Crippen molar-refractivity contribution in [3.63, 3.8) is 0 Å². The van der Waals surface area contributed by atoms with Crippen molar-refractivity contribution in [2.75, 3.05) is 26.5 Å². The Morgan fingerprint density at radius 2 is 1.86 bits per heavy atom. The zero-order valence-corrected chi connectivity index (χ0v) is 15.5. The normalized spacial score (nSPS) is 11.8. The van der Waals surface area contributed by atoms with Crippen molar-refractivity contribution in [3.05, 3.63) is 10.6 Å². The van der Waals surface area contributed by atoms with Gasteiger partial charge in [-0.3, -0.25) is 9.59 Å². The van der Waals surface area contributed by atoms with E-state index in [-0.39, 0.29) is 18.8 Å². The summed E-state index contributed by atoms with van der Waals surface area (Å²) in [6.07, 6.45) is 2.31. The highest BCUT2D eigenvalue weighted by Gasteiger charge is 2.09. The van der Waals surface area contributed by atoms with Gasteiger partial charge in [0.05, 0.1) is 6.61 Å². The Morgan fingerprint density at radius 3 is 2.41 bits per heavy atom. The van der Waals surface area contributed by atoms with Gasteiger partial charge in [-0.15, -0.1) is 0 Å². The Hall–Kier alpha value is -0.820. The molecule has 0 spiro atoms. The average molecular weight is 350 g/mol. The first-order valence-electron chi connectivity index (χ1n) is 7.42. The van der Waals surface area contributed by atoms with Crippen molar-refractivity contribution < 1.29 is 19.4 Å². The number of nitrogens with zero attached hydrogens (tertiary/aromatic N) is 1. The minimum Gasteiger partial charge on any atom is -0.481 e. The topological polar surface area (TPSA) is 66.8 Å². The van der Waals surface area contributed by atoms with Gasteiger partial charge >= 0.3 is 11.9 Å². The molecule has 0 atom stereocenters. The third-order valence-electron chi connectivity index (χ3n) is 2.89. The number of carbonyl (C=O) groups excluding carboxylic acids is 1. The first kappa shape index (κ1) is 21.2. The second kappa shape index (κ2) is 12.7. The van der Waals surface area contributed by atoms with Crippen LogP contribution in [0.2, 0.25) is 0 Å². The molecule has 128 valence electrons. The molecule has 0 aliphatic rings. The van der Waals surface area contributed by atoms with Crippen molar-refractivity contribution in [1.82, 2.24) is 4.90 Å². The molecule has 1 N–H and O–H groups in total. The van der Waals surface area contributed by atoms with E-state index in [4.69, 9.17) is 9.84 Å². The lowest BCUT2D eigenvalue weighted by Crippen LogP contribution is -2.12. The molecule has 0 fully saturated rings. The summed E-state index contributed by atoms with van der Waals surface area (Å²) in [5, 5.41) is 8.52. The van der Waals surface area contributed by atoms with E-state index in [0.717, 1.165) is 12.2 Å². The Morgan fingerprint density at radius 1 is 1.18 bits per heavy atom. The van der Waals surface area contributed by atoms with Crippen LogP contribution in [-0.2, 0) is 14.3 Å². The Balaban J connectivity index is 4.20. The Bertz CT molecular complexity index is 384. The van der Waals surface area contributed by atoms with Crippen LogP contribution in [0.3, 0.4) is 0 Å². The van der Waals surface area contributed by atoms with E-state index in [2.05, 4.69) is 18.7 Å². The summed E-state index contributed by atoms with van der Waals surface area (Å²) in [4.78, 5) is 25.2. The second-order valence-corrected chi connectivity index (χ2v) is 7.54. The number of esters is 1. The maximum Gasteiger partial charge on any atom is 0.305 e. The average Bonchev–Trinajstić information content (AvgIpc) is 2.44. The number of ether oxygens (including phenoxy) is 1. The molecule has 7 heteroatoms. The minimum absolute atomic E-state index is 0.00347. The van der Waals surface area contributed by atoms with Gasteiger partial charge in [-0.25, -0.2) is 0 Å². The molecule has 0 radical (unpaired) electrons. The minimum atomic E-state index is -0.885. The van der Waals surface area contributed by atoms with Crippen LogP contribution in [0.15, 0.2) is 10.6 Å². The highest BCUT2D eigenvalue weighted by atomic mass is 33.1. The highest BCUT2D eigenvalue weighted by Crippen LogP contribution is 2.35. The monoisotopic (exact) mass is 349 g/mol. The predicted molar refractivity (Wildman–Crippen MR) is 93.8 cm³/mol. The number of rotatable bonds is 12. The number of hydrogen-bond donors (Lipinski definition) is 1. The number of carbonyl (C=O) groups is 2. The number of carboxylic acids is 1. The van der Waals surface area contributed by atoms with Crippen LogP contribution in [0.4, 0.5) is 0 Å². The molecule has 0 aromatic rings. The van der Waals surface area contributed by atoms with Crippen LogP contribution in [0.1, 0.15) is 46.0 Å². The van der Waals surface area contributed by atoms with Crippen molar-refractivity contribution in [1.29, 1.82) is 0 Å². The molecule has 0 aliphatic heterocycles. The molecule has 22 heavy (non-hydrogen) atoms. The van der Waals surface area contributed by atoms with Crippen molar-refractivity contribution >= 4 is 33.5 Å². The summed E-state index contributed by atoms with van der Waals surface area (Å²) < 4.78 is 5.18. The number of carboxylic acid groups (broad SMARTS) is 1. The smallest absolute Gasteiger partial charge is 0.305 e. The van der Waals surface area contributed by atoms with Gasteiger partial charge in [0.2, 0.25) is 0 Å². The maximum absolute atomic E-state index is 11.5. The Labute approximate surface area is 141 Å². The van der Waals surface area contributed by atoms with E-state index < -0.39 is 5.97 Å². The molecular weight excluding hydrogens is 322 g/mol. The molecule has 0 saturated carbocycles. The van der Waals surface area contributed by atoms with Gasteiger partial charge in [-0.2, -0.15) is 0 Å². The molecule has 0 unspecified atom stereocenters. The fraction of sp³-hybridized carbons (Fsp3) is 0.733. The van der Waals surface area contributed by atoms with Crippen LogP contribution in [0.25, 0.3) is 0 Å². The number of hydrogen-bond acceptors (Lipinski definition) is 6. The molecule has 0 aromatic heterocycles. The fourth-order valence-electron chi connectivity index (χ4n) is 1.44. The Kier molecular flexibility index (Phi) is 12.2. The highest BCUT2D eigenvalue weighted by molar-refractivity contribution is 8.78. The van der Waals surface area contributed by atoms with E-state index in [9.17, 15) is 9.59 Å². The van der Waals surface area contributed by atoms with E-state index in [0.29, 0.717) is 19.4 Å². The van der Waals surface area contributed by atoms with Gasteiger partial charge < -0.3 is 14.7 Å². The van der Waals surface area contributed by atoms with Crippen molar-refractivity contribution in [2.45, 2.75) is 46.0 Å². The van der Waals surface area contributed by atoms with Gasteiger partial charge in [0, 0.05) is 49.7 Å². The molecule has 0 heterocycles. The summed E-state index contributed by atoms with van der Waals surface area (Å²) in [6, 6.07) is 0. The van der Waals surface area contributed by atoms with E-state index in [1.807, 2.05) is 24.9 Å². The van der Waals surface area contributed by atoms with E-state index >= 15 is 0 Å². The predicted octanol–water partition coefficient (Wildman–Crippen LogP) is 3.76. The summed E-state index contributed by atoms with van der Waals surface area (Å²) >= 11 is 0. The van der Waals surface area contributed by atoms with Crippen LogP contribution < -0.4 is 0 Å². The lowest BCUT2D eigenvalue weighted by atomic mass is 10.2. The summed E-state index contributed by atoms with van der Waals surface area (Å²) in [6.45, 7) is 4.55. The molecule has 5 nitrogen and oxygen atoms in total. The molecule has 0 saturated heterocycles. The molecule has 0 bridgehead atoms. The molecule has 0 aromatic carbocycles. The quantitative estimate of drug-likeness (QED) is 0.327. The van der Waals surface area contributed by atoms with Gasteiger partial charge in [0.15, 0.2) is 0 Å². The summed E-state index contributed by atoms with van der Waals surface area (Å²) in [5.74, 6) is -0.123. The van der Waals surface area contributed by atoms with Gasteiger partial charge in [0.1, 0.15) is 0 Å². The van der Waals surface area contributed by atoms with Crippen molar-refractivity contribution in [2.24, 2.45) is 0 Å². The molecule has 0 rings (SSSR count). The largest absolute Gasteiger partial charge is 0.481 e. The standard InChI is InChI=1S/C15H27NO4S2/c1-5-11-21-22-13(12(2)16(3)4)9-10-20-15(19)8-6-7-14(17)18/h5-11H2,1-4H3,(H,17,18)/b13-12-. The lowest BCUT2D eigenvalue weighted by Gasteiger charge is -2.18. The molecule has 0 amide bonds. The van der Waals surface area contributed by atoms with Crippen LogP contribution in [0, 0.1) is 0 Å². The summed E-state index contributed by atoms with van der Waals surface area (Å²) in [7, 11) is 7.55. The van der Waals surface area contributed by atoms with Crippen LogP contribution in [0.5, 0.6) is 0 Å². The van der Waals surface area contributed by atoms with E-state index in [1.165, 1.54) is 10.6 Å². The number of allylic oxidation sites excluding steroid dienone is 1.